The van der Waals surface area contributed by atoms with Crippen LogP contribution in [0.5, 0.6) is 0 Å². The molecule has 4 heteroatoms. The number of rotatable bonds is 4. The van der Waals surface area contributed by atoms with Gasteiger partial charge in [-0.05, 0) is 44.1 Å². The summed E-state index contributed by atoms with van der Waals surface area (Å²) in [5, 5.41) is 12.0. The largest absolute Gasteiger partial charge is 0.318 e. The van der Waals surface area contributed by atoms with E-state index in [9.17, 15) is 0 Å². The van der Waals surface area contributed by atoms with Crippen molar-refractivity contribution in [1.82, 2.24) is 10.2 Å². The van der Waals surface area contributed by atoms with Crippen LogP contribution in [0.25, 0.3) is 0 Å². The summed E-state index contributed by atoms with van der Waals surface area (Å²) < 4.78 is 0. The van der Waals surface area contributed by atoms with E-state index in [-0.39, 0.29) is 12.4 Å². The Morgan fingerprint density at radius 1 is 1.39 bits per heavy atom. The number of nitrogens with one attached hydrogen (secondary N) is 1. The van der Waals surface area contributed by atoms with Gasteiger partial charge in [0.05, 0.1) is 11.6 Å². The van der Waals surface area contributed by atoms with Crippen molar-refractivity contribution in [2.45, 2.75) is 25.4 Å². The Labute approximate surface area is 115 Å². The van der Waals surface area contributed by atoms with Crippen LogP contribution in [-0.4, -0.2) is 31.1 Å². The monoisotopic (exact) mass is 265 g/mol. The van der Waals surface area contributed by atoms with Crippen molar-refractivity contribution in [3.05, 3.63) is 35.4 Å². The van der Waals surface area contributed by atoms with Crippen LogP contribution in [-0.2, 0) is 6.54 Å². The Kier molecular flexibility index (Phi) is 6.14. The molecule has 1 aliphatic rings. The molecule has 1 fully saturated rings. The molecule has 1 aromatic rings. The third kappa shape index (κ3) is 3.71. The van der Waals surface area contributed by atoms with Crippen molar-refractivity contribution in [2.75, 3.05) is 20.1 Å². The van der Waals surface area contributed by atoms with E-state index in [0.29, 0.717) is 6.04 Å². The predicted molar refractivity (Wildman–Crippen MR) is 75.8 cm³/mol. The second kappa shape index (κ2) is 7.38. The lowest BCUT2D eigenvalue weighted by Gasteiger charge is -2.24. The molecule has 1 atom stereocenters. The Balaban J connectivity index is 0.00000162. The van der Waals surface area contributed by atoms with Crippen molar-refractivity contribution in [2.24, 2.45) is 0 Å². The molecule has 1 heterocycles. The lowest BCUT2D eigenvalue weighted by molar-refractivity contribution is 0.242. The number of nitriles is 1. The van der Waals surface area contributed by atoms with Crippen LogP contribution in [0, 0.1) is 11.3 Å². The van der Waals surface area contributed by atoms with E-state index < -0.39 is 0 Å². The molecule has 0 bridgehead atoms. The lowest BCUT2D eigenvalue weighted by Crippen LogP contribution is -2.36. The van der Waals surface area contributed by atoms with Crippen LogP contribution in [0.1, 0.15) is 24.0 Å². The summed E-state index contributed by atoms with van der Waals surface area (Å²) in [6, 6.07) is 10.7. The molecular weight excluding hydrogens is 246 g/mol. The molecule has 98 valence electrons. The first kappa shape index (κ1) is 15.0. The highest BCUT2D eigenvalue weighted by Crippen LogP contribution is 2.19. The molecule has 0 aliphatic carbocycles. The first-order valence-corrected chi connectivity index (χ1v) is 6.21. The Morgan fingerprint density at radius 3 is 2.72 bits per heavy atom. The minimum absolute atomic E-state index is 0. The van der Waals surface area contributed by atoms with Gasteiger partial charge in [0.1, 0.15) is 0 Å². The third-order valence-electron chi connectivity index (χ3n) is 3.41. The molecule has 0 aromatic heterocycles. The molecule has 0 spiro atoms. The van der Waals surface area contributed by atoms with Crippen molar-refractivity contribution in [3.8, 4) is 6.07 Å². The smallest absolute Gasteiger partial charge is 0.0991 e. The second-order valence-corrected chi connectivity index (χ2v) is 4.63. The molecule has 1 aromatic carbocycles. The van der Waals surface area contributed by atoms with E-state index in [4.69, 9.17) is 5.26 Å². The van der Waals surface area contributed by atoms with Crippen molar-refractivity contribution in [3.63, 3.8) is 0 Å². The van der Waals surface area contributed by atoms with Crippen molar-refractivity contribution >= 4 is 12.4 Å². The van der Waals surface area contributed by atoms with Crippen LogP contribution in [0.3, 0.4) is 0 Å². The van der Waals surface area contributed by atoms with Gasteiger partial charge < -0.3 is 5.32 Å². The van der Waals surface area contributed by atoms with Gasteiger partial charge in [0.25, 0.3) is 0 Å². The Morgan fingerprint density at radius 2 is 2.11 bits per heavy atom. The minimum Gasteiger partial charge on any atom is -0.318 e. The summed E-state index contributed by atoms with van der Waals surface area (Å²) in [4.78, 5) is 2.53. The van der Waals surface area contributed by atoms with Gasteiger partial charge in [-0.2, -0.15) is 5.26 Å². The fraction of sp³-hybridized carbons (Fsp3) is 0.500. The SMILES string of the molecule is CNCC1CCCN1Cc1ccc(C#N)cc1.Cl. The van der Waals surface area contributed by atoms with Gasteiger partial charge in [0, 0.05) is 19.1 Å². The highest BCUT2D eigenvalue weighted by molar-refractivity contribution is 5.85. The molecule has 1 aliphatic heterocycles. The fourth-order valence-electron chi connectivity index (χ4n) is 2.49. The minimum atomic E-state index is 0. The van der Waals surface area contributed by atoms with Gasteiger partial charge in [-0.1, -0.05) is 12.1 Å². The van der Waals surface area contributed by atoms with Gasteiger partial charge in [0.15, 0.2) is 0 Å². The molecule has 0 amide bonds. The fourth-order valence-corrected chi connectivity index (χ4v) is 2.49. The van der Waals surface area contributed by atoms with Gasteiger partial charge in [-0.3, -0.25) is 4.90 Å². The van der Waals surface area contributed by atoms with Gasteiger partial charge in [-0.15, -0.1) is 12.4 Å². The summed E-state index contributed by atoms with van der Waals surface area (Å²) >= 11 is 0. The molecule has 0 saturated carbocycles. The van der Waals surface area contributed by atoms with Crippen LogP contribution < -0.4 is 5.32 Å². The summed E-state index contributed by atoms with van der Waals surface area (Å²) in [6.45, 7) is 3.25. The molecule has 18 heavy (non-hydrogen) atoms. The number of nitrogens with zero attached hydrogens (tertiary/aromatic N) is 2. The maximum atomic E-state index is 8.76. The summed E-state index contributed by atoms with van der Waals surface area (Å²) in [5.74, 6) is 0. The number of hydrogen-bond acceptors (Lipinski definition) is 3. The first-order valence-electron chi connectivity index (χ1n) is 6.21. The average Bonchev–Trinajstić information content (AvgIpc) is 2.78. The van der Waals surface area contributed by atoms with Crippen molar-refractivity contribution in [1.29, 1.82) is 5.26 Å². The van der Waals surface area contributed by atoms with E-state index in [2.05, 4.69) is 28.4 Å². The molecule has 2 rings (SSSR count). The first-order chi connectivity index (χ1) is 8.33. The summed E-state index contributed by atoms with van der Waals surface area (Å²) in [5.41, 5.74) is 2.04. The van der Waals surface area contributed by atoms with Crippen LogP contribution in [0.4, 0.5) is 0 Å². The molecule has 1 saturated heterocycles. The molecular formula is C14H20ClN3. The van der Waals surface area contributed by atoms with E-state index in [1.54, 1.807) is 0 Å². The summed E-state index contributed by atoms with van der Waals surface area (Å²) in [7, 11) is 2.01. The van der Waals surface area contributed by atoms with Crippen molar-refractivity contribution < 1.29 is 0 Å². The zero-order valence-corrected chi connectivity index (χ0v) is 11.5. The van der Waals surface area contributed by atoms with Crippen LogP contribution >= 0.6 is 12.4 Å². The highest BCUT2D eigenvalue weighted by atomic mass is 35.5. The van der Waals surface area contributed by atoms with E-state index in [0.717, 1.165) is 18.7 Å². The Bertz CT molecular complexity index is 396. The average molecular weight is 266 g/mol. The number of likely N-dealkylation sites (tertiary alicyclic amines) is 1. The van der Waals surface area contributed by atoms with Crippen LogP contribution in [0.2, 0.25) is 0 Å². The number of likely N-dealkylation sites (N-methyl/N-ethyl adjacent to an activating group) is 1. The molecule has 1 N–H and O–H groups in total. The van der Waals surface area contributed by atoms with E-state index in [1.165, 1.54) is 24.9 Å². The second-order valence-electron chi connectivity index (χ2n) is 4.63. The zero-order valence-electron chi connectivity index (χ0n) is 10.7. The topological polar surface area (TPSA) is 39.1 Å². The van der Waals surface area contributed by atoms with Gasteiger partial charge >= 0.3 is 0 Å². The predicted octanol–water partition coefficient (Wildman–Crippen LogP) is 2.16. The number of benzene rings is 1. The van der Waals surface area contributed by atoms with Gasteiger partial charge in [-0.25, -0.2) is 0 Å². The molecule has 3 nitrogen and oxygen atoms in total. The molecule has 0 radical (unpaired) electrons. The maximum absolute atomic E-state index is 8.76. The van der Waals surface area contributed by atoms with E-state index in [1.807, 2.05) is 19.2 Å². The molecule has 1 unspecified atom stereocenters. The zero-order chi connectivity index (χ0) is 12.1. The van der Waals surface area contributed by atoms with E-state index >= 15 is 0 Å². The summed E-state index contributed by atoms with van der Waals surface area (Å²) in [6.07, 6.45) is 2.58. The highest BCUT2D eigenvalue weighted by Gasteiger charge is 2.23. The van der Waals surface area contributed by atoms with Gasteiger partial charge in [0.2, 0.25) is 0 Å². The number of hydrogen-bond donors (Lipinski definition) is 1. The van der Waals surface area contributed by atoms with Crippen LogP contribution in [0.15, 0.2) is 24.3 Å². The third-order valence-corrected chi connectivity index (χ3v) is 3.41. The quantitative estimate of drug-likeness (QED) is 0.907. The maximum Gasteiger partial charge on any atom is 0.0991 e. The standard InChI is InChI=1S/C14H19N3.ClH/c1-16-10-14-3-2-8-17(14)11-13-6-4-12(9-15)5-7-13;/h4-7,14,16H,2-3,8,10-11H2,1H3;1H. The lowest BCUT2D eigenvalue weighted by atomic mass is 10.1. The number of halogens is 1. The Hall–Kier alpha value is -1.08. The normalized spacial score (nSPS) is 19.2.